The van der Waals surface area contributed by atoms with Crippen molar-refractivity contribution in [3.63, 3.8) is 0 Å². The van der Waals surface area contributed by atoms with Crippen molar-refractivity contribution in [1.82, 2.24) is 15.1 Å². The first-order chi connectivity index (χ1) is 9.52. The fourth-order valence-corrected chi connectivity index (χ4v) is 2.60. The molecule has 1 aromatic heterocycles. The van der Waals surface area contributed by atoms with Crippen LogP contribution in [-0.2, 0) is 4.79 Å². The Balaban J connectivity index is 1.51. The minimum atomic E-state index is -0.706. The highest BCUT2D eigenvalue weighted by Gasteiger charge is 2.31. The zero-order valence-corrected chi connectivity index (χ0v) is 11.6. The fraction of sp³-hybridized carbons (Fsp3) is 0.769. The van der Waals surface area contributed by atoms with Gasteiger partial charge in [0.25, 0.3) is 0 Å². The Labute approximate surface area is 117 Å². The van der Waals surface area contributed by atoms with E-state index < -0.39 is 5.60 Å². The van der Waals surface area contributed by atoms with E-state index in [0.717, 1.165) is 32.2 Å². The predicted octanol–water partition coefficient (Wildman–Crippen LogP) is 0.732. The van der Waals surface area contributed by atoms with E-state index >= 15 is 0 Å². The van der Waals surface area contributed by atoms with Gasteiger partial charge in [-0.3, -0.25) is 15.0 Å². The average molecular weight is 280 g/mol. The van der Waals surface area contributed by atoms with Gasteiger partial charge < -0.3 is 9.52 Å². The van der Waals surface area contributed by atoms with Crippen LogP contribution in [0.5, 0.6) is 0 Å². The summed E-state index contributed by atoms with van der Waals surface area (Å²) in [4.78, 5) is 13.9. The minimum Gasteiger partial charge on any atom is -0.408 e. The molecule has 1 atom stereocenters. The molecule has 2 fully saturated rings. The first-order valence-corrected chi connectivity index (χ1v) is 7.10. The number of hydrogen-bond donors (Lipinski definition) is 2. The van der Waals surface area contributed by atoms with E-state index in [0.29, 0.717) is 18.4 Å². The Kier molecular flexibility index (Phi) is 3.47. The topological polar surface area (TPSA) is 91.5 Å². The van der Waals surface area contributed by atoms with Gasteiger partial charge in [0, 0.05) is 12.5 Å². The molecule has 110 valence electrons. The number of aromatic nitrogens is 2. The molecular formula is C13H20N4O3. The van der Waals surface area contributed by atoms with Crippen molar-refractivity contribution >= 4 is 11.9 Å². The number of carbonyl (C=O) groups is 1. The van der Waals surface area contributed by atoms with E-state index in [4.69, 9.17) is 4.42 Å². The smallest absolute Gasteiger partial charge is 0.322 e. The molecule has 2 heterocycles. The monoisotopic (exact) mass is 280 g/mol. The Morgan fingerprint density at radius 3 is 3.05 bits per heavy atom. The van der Waals surface area contributed by atoms with Gasteiger partial charge in [-0.25, -0.2) is 0 Å². The van der Waals surface area contributed by atoms with Crippen molar-refractivity contribution in [1.29, 1.82) is 0 Å². The van der Waals surface area contributed by atoms with Crippen LogP contribution in [0.3, 0.4) is 0 Å². The van der Waals surface area contributed by atoms with Crippen molar-refractivity contribution in [2.24, 2.45) is 0 Å². The summed E-state index contributed by atoms with van der Waals surface area (Å²) in [5.74, 6) is 0.806. The molecule has 0 bridgehead atoms. The number of nitrogens with zero attached hydrogens (tertiary/aromatic N) is 3. The SMILES string of the molecule is CC1(O)CCCN(CC(=O)Nc2nnc(C3CC3)o2)C1. The van der Waals surface area contributed by atoms with Gasteiger partial charge in [0.2, 0.25) is 11.8 Å². The molecule has 2 aliphatic rings. The molecule has 7 nitrogen and oxygen atoms in total. The number of carbonyl (C=O) groups excluding carboxylic acids is 1. The zero-order valence-electron chi connectivity index (χ0n) is 11.6. The summed E-state index contributed by atoms with van der Waals surface area (Å²) in [6.45, 7) is 3.37. The summed E-state index contributed by atoms with van der Waals surface area (Å²) in [5, 5.41) is 20.4. The van der Waals surface area contributed by atoms with Gasteiger partial charge in [-0.15, -0.1) is 5.10 Å². The highest BCUT2D eigenvalue weighted by Crippen LogP contribution is 2.39. The molecule has 1 saturated heterocycles. The molecule has 2 N–H and O–H groups in total. The number of β-amino-alcohol motifs (C(OH)–C–C–N with tert-alkyl or cyclic N) is 1. The number of hydrogen-bond acceptors (Lipinski definition) is 6. The lowest BCUT2D eigenvalue weighted by Crippen LogP contribution is -2.48. The Bertz CT molecular complexity index is 496. The van der Waals surface area contributed by atoms with Crippen molar-refractivity contribution in [3.05, 3.63) is 5.89 Å². The molecule has 0 aromatic carbocycles. The van der Waals surface area contributed by atoms with E-state index in [1.807, 2.05) is 4.90 Å². The van der Waals surface area contributed by atoms with Crippen LogP contribution in [0.15, 0.2) is 4.42 Å². The molecular weight excluding hydrogens is 260 g/mol. The Hall–Kier alpha value is -1.47. The van der Waals surface area contributed by atoms with E-state index in [1.165, 1.54) is 0 Å². The lowest BCUT2D eigenvalue weighted by atomic mass is 9.95. The van der Waals surface area contributed by atoms with Crippen LogP contribution < -0.4 is 5.32 Å². The fourth-order valence-electron chi connectivity index (χ4n) is 2.60. The van der Waals surface area contributed by atoms with E-state index in [1.54, 1.807) is 6.92 Å². The quantitative estimate of drug-likeness (QED) is 0.845. The van der Waals surface area contributed by atoms with E-state index in [-0.39, 0.29) is 18.5 Å². The Morgan fingerprint density at radius 1 is 1.55 bits per heavy atom. The highest BCUT2D eigenvalue weighted by molar-refractivity contribution is 5.90. The number of aliphatic hydroxyl groups is 1. The predicted molar refractivity (Wildman–Crippen MR) is 71.2 cm³/mol. The minimum absolute atomic E-state index is 0.167. The number of piperidine rings is 1. The third-order valence-corrected chi connectivity index (χ3v) is 3.73. The summed E-state index contributed by atoms with van der Waals surface area (Å²) >= 11 is 0. The maximum atomic E-state index is 11.9. The van der Waals surface area contributed by atoms with Crippen molar-refractivity contribution in [2.75, 3.05) is 25.0 Å². The van der Waals surface area contributed by atoms with Crippen molar-refractivity contribution in [2.45, 2.75) is 44.1 Å². The lowest BCUT2D eigenvalue weighted by molar-refractivity contribution is -0.119. The second kappa shape index (κ2) is 5.14. The molecule has 3 rings (SSSR count). The van der Waals surface area contributed by atoms with Gasteiger partial charge in [0.05, 0.1) is 12.1 Å². The Morgan fingerprint density at radius 2 is 2.35 bits per heavy atom. The number of nitrogens with one attached hydrogen (secondary N) is 1. The van der Waals surface area contributed by atoms with Crippen LogP contribution in [0.1, 0.15) is 44.4 Å². The first-order valence-electron chi connectivity index (χ1n) is 7.10. The van der Waals surface area contributed by atoms with Gasteiger partial charge in [-0.05, 0) is 39.2 Å². The van der Waals surface area contributed by atoms with Crippen molar-refractivity contribution in [3.8, 4) is 0 Å². The molecule has 1 unspecified atom stereocenters. The lowest BCUT2D eigenvalue weighted by Gasteiger charge is -2.36. The van der Waals surface area contributed by atoms with Gasteiger partial charge in [0.15, 0.2) is 0 Å². The van der Waals surface area contributed by atoms with Crippen LogP contribution in [-0.4, -0.2) is 51.3 Å². The largest absolute Gasteiger partial charge is 0.408 e. The molecule has 1 saturated carbocycles. The second-order valence-electron chi connectivity index (χ2n) is 6.08. The van der Waals surface area contributed by atoms with Gasteiger partial charge in [-0.1, -0.05) is 5.10 Å². The van der Waals surface area contributed by atoms with Crippen molar-refractivity contribution < 1.29 is 14.3 Å². The highest BCUT2D eigenvalue weighted by atomic mass is 16.4. The second-order valence-corrected chi connectivity index (χ2v) is 6.08. The average Bonchev–Trinajstić information content (AvgIpc) is 3.09. The third kappa shape index (κ3) is 3.34. The normalized spacial score (nSPS) is 27.5. The molecule has 1 aliphatic carbocycles. The number of rotatable bonds is 4. The molecule has 1 aliphatic heterocycles. The molecule has 0 radical (unpaired) electrons. The molecule has 1 aromatic rings. The molecule has 1 amide bonds. The van der Waals surface area contributed by atoms with Gasteiger partial charge in [0.1, 0.15) is 0 Å². The summed E-state index contributed by atoms with van der Waals surface area (Å²) in [6, 6.07) is 0.167. The third-order valence-electron chi connectivity index (χ3n) is 3.73. The molecule has 7 heteroatoms. The molecule has 20 heavy (non-hydrogen) atoms. The maximum absolute atomic E-state index is 11.9. The number of likely N-dealkylation sites (tertiary alicyclic amines) is 1. The van der Waals surface area contributed by atoms with Crippen LogP contribution in [0.4, 0.5) is 6.01 Å². The first kappa shape index (κ1) is 13.5. The summed E-state index contributed by atoms with van der Waals surface area (Å²) in [6.07, 6.45) is 3.84. The summed E-state index contributed by atoms with van der Waals surface area (Å²) in [5.41, 5.74) is -0.706. The molecule has 0 spiro atoms. The summed E-state index contributed by atoms with van der Waals surface area (Å²) < 4.78 is 5.39. The maximum Gasteiger partial charge on any atom is 0.322 e. The van der Waals surface area contributed by atoms with Crippen LogP contribution in [0.2, 0.25) is 0 Å². The zero-order chi connectivity index (χ0) is 14.2. The van der Waals surface area contributed by atoms with Crippen LogP contribution in [0.25, 0.3) is 0 Å². The van der Waals surface area contributed by atoms with Crippen LogP contribution in [0, 0.1) is 0 Å². The standard InChI is InChI=1S/C13H20N4O3/c1-13(19)5-2-6-17(8-13)7-10(18)14-12-16-15-11(20-12)9-3-4-9/h9,19H,2-8H2,1H3,(H,14,16,18). The number of anilines is 1. The van der Waals surface area contributed by atoms with Gasteiger partial charge in [-0.2, -0.15) is 0 Å². The van der Waals surface area contributed by atoms with E-state index in [9.17, 15) is 9.90 Å². The van der Waals surface area contributed by atoms with Gasteiger partial charge >= 0.3 is 6.01 Å². The summed E-state index contributed by atoms with van der Waals surface area (Å²) in [7, 11) is 0. The number of amides is 1. The van der Waals surface area contributed by atoms with Crippen LogP contribution >= 0.6 is 0 Å². The van der Waals surface area contributed by atoms with E-state index in [2.05, 4.69) is 15.5 Å².